The molecule has 0 amide bonds. The standard InChI is InChI=1S/C27H25NO3/c1-2-21(29)18-31-25-16-10-9-15-22(25)23-17-24(19-11-5-3-6-12-19)28-26(23)27(30)20-13-7-4-8-14-20/h3-16,23,26H,2,17-18H2,1H3. The molecule has 4 rings (SSSR count). The highest BCUT2D eigenvalue weighted by Gasteiger charge is 2.37. The first-order chi connectivity index (χ1) is 15.2. The lowest BCUT2D eigenvalue weighted by atomic mass is 9.85. The fourth-order valence-electron chi connectivity index (χ4n) is 3.93. The number of hydrogen-bond donors (Lipinski definition) is 0. The van der Waals surface area contributed by atoms with Crippen molar-refractivity contribution in [2.24, 2.45) is 4.99 Å². The van der Waals surface area contributed by atoms with Crippen molar-refractivity contribution in [3.8, 4) is 5.75 Å². The van der Waals surface area contributed by atoms with Gasteiger partial charge in [-0.25, -0.2) is 0 Å². The van der Waals surface area contributed by atoms with E-state index >= 15 is 0 Å². The van der Waals surface area contributed by atoms with Crippen LogP contribution in [-0.2, 0) is 4.79 Å². The van der Waals surface area contributed by atoms with Crippen LogP contribution in [-0.4, -0.2) is 29.9 Å². The van der Waals surface area contributed by atoms with E-state index in [1.54, 1.807) is 0 Å². The van der Waals surface area contributed by atoms with Gasteiger partial charge in [-0.15, -0.1) is 0 Å². The Balaban J connectivity index is 1.71. The zero-order valence-electron chi connectivity index (χ0n) is 17.5. The molecule has 0 aliphatic carbocycles. The SMILES string of the molecule is CCC(=O)COc1ccccc1C1CC(c2ccccc2)=NC1C(=O)c1ccccc1. The second-order valence-corrected chi connectivity index (χ2v) is 7.65. The molecule has 0 spiro atoms. The topological polar surface area (TPSA) is 55.7 Å². The largest absolute Gasteiger partial charge is 0.486 e. The summed E-state index contributed by atoms with van der Waals surface area (Å²) in [5.41, 5.74) is 3.50. The molecule has 0 fully saturated rings. The Hall–Kier alpha value is -3.53. The predicted octanol–water partition coefficient (Wildman–Crippen LogP) is 5.27. The summed E-state index contributed by atoms with van der Waals surface area (Å²) in [5, 5.41) is 0. The number of ether oxygens (including phenoxy) is 1. The van der Waals surface area contributed by atoms with E-state index < -0.39 is 6.04 Å². The Bertz CT molecular complexity index is 1090. The van der Waals surface area contributed by atoms with Crippen LogP contribution in [0.1, 0.15) is 47.2 Å². The van der Waals surface area contributed by atoms with Crippen molar-refractivity contribution in [3.63, 3.8) is 0 Å². The highest BCUT2D eigenvalue weighted by molar-refractivity contribution is 6.09. The van der Waals surface area contributed by atoms with Crippen LogP contribution in [0.4, 0.5) is 0 Å². The third-order valence-corrected chi connectivity index (χ3v) is 5.62. The Labute approximate surface area is 182 Å². The number of benzene rings is 3. The van der Waals surface area contributed by atoms with E-state index in [0.717, 1.165) is 16.8 Å². The Morgan fingerprint density at radius 3 is 2.26 bits per heavy atom. The second kappa shape index (κ2) is 9.52. The first-order valence-corrected chi connectivity index (χ1v) is 10.6. The molecule has 3 aromatic rings. The van der Waals surface area contributed by atoms with Crippen LogP contribution in [0.2, 0.25) is 0 Å². The van der Waals surface area contributed by atoms with E-state index in [2.05, 4.69) is 0 Å². The van der Waals surface area contributed by atoms with Gasteiger partial charge in [-0.2, -0.15) is 0 Å². The summed E-state index contributed by atoms with van der Waals surface area (Å²) in [5.74, 6) is 0.524. The number of ketones is 2. The molecule has 156 valence electrons. The number of carbonyl (C=O) groups excluding carboxylic acids is 2. The molecule has 0 saturated heterocycles. The lowest BCUT2D eigenvalue weighted by molar-refractivity contribution is -0.120. The summed E-state index contributed by atoms with van der Waals surface area (Å²) in [6.07, 6.45) is 1.07. The number of carbonyl (C=O) groups is 2. The number of hydrogen-bond acceptors (Lipinski definition) is 4. The molecule has 0 radical (unpaired) electrons. The van der Waals surface area contributed by atoms with Crippen molar-refractivity contribution < 1.29 is 14.3 Å². The van der Waals surface area contributed by atoms with E-state index in [0.29, 0.717) is 24.2 Å². The van der Waals surface area contributed by atoms with Crippen LogP contribution >= 0.6 is 0 Å². The third-order valence-electron chi connectivity index (χ3n) is 5.62. The minimum atomic E-state index is -0.538. The quantitative estimate of drug-likeness (QED) is 0.474. The molecule has 0 aromatic heterocycles. The number of rotatable bonds is 8. The number of para-hydroxylation sites is 1. The normalized spacial score (nSPS) is 17.8. The number of nitrogens with zero attached hydrogens (tertiary/aromatic N) is 1. The molecular weight excluding hydrogens is 386 g/mol. The molecule has 31 heavy (non-hydrogen) atoms. The summed E-state index contributed by atoms with van der Waals surface area (Å²) in [4.78, 5) is 30.1. The fourth-order valence-corrected chi connectivity index (χ4v) is 3.93. The molecular formula is C27H25NO3. The van der Waals surface area contributed by atoms with E-state index in [9.17, 15) is 9.59 Å². The van der Waals surface area contributed by atoms with E-state index in [1.807, 2.05) is 91.9 Å². The highest BCUT2D eigenvalue weighted by Crippen LogP contribution is 2.39. The van der Waals surface area contributed by atoms with Gasteiger partial charge in [0.25, 0.3) is 0 Å². The Morgan fingerprint density at radius 2 is 1.55 bits per heavy atom. The highest BCUT2D eigenvalue weighted by atomic mass is 16.5. The molecule has 4 heteroatoms. The maximum absolute atomic E-state index is 13.4. The average molecular weight is 412 g/mol. The molecule has 1 aliphatic rings. The maximum atomic E-state index is 13.4. The van der Waals surface area contributed by atoms with Crippen LogP contribution in [0.3, 0.4) is 0 Å². The summed E-state index contributed by atoms with van der Waals surface area (Å²) < 4.78 is 5.87. The van der Waals surface area contributed by atoms with Gasteiger partial charge in [0.2, 0.25) is 0 Å². The van der Waals surface area contributed by atoms with Crippen LogP contribution in [0.25, 0.3) is 0 Å². The smallest absolute Gasteiger partial charge is 0.187 e. The van der Waals surface area contributed by atoms with Gasteiger partial charge in [-0.1, -0.05) is 85.8 Å². The van der Waals surface area contributed by atoms with Gasteiger partial charge in [0.15, 0.2) is 11.6 Å². The van der Waals surface area contributed by atoms with Gasteiger partial charge in [0.05, 0.1) is 0 Å². The number of aliphatic imine (C=N–C) groups is 1. The number of Topliss-reactive ketones (excluding diaryl/α,β-unsaturated/α-hetero) is 2. The summed E-state index contributed by atoms with van der Waals surface area (Å²) in [7, 11) is 0. The molecule has 2 unspecified atom stereocenters. The van der Waals surface area contributed by atoms with E-state index in [4.69, 9.17) is 9.73 Å². The summed E-state index contributed by atoms with van der Waals surface area (Å²) in [6.45, 7) is 1.85. The van der Waals surface area contributed by atoms with Crippen LogP contribution in [0, 0.1) is 0 Å². The molecule has 1 aliphatic heterocycles. The van der Waals surface area contributed by atoms with Crippen molar-refractivity contribution in [2.45, 2.75) is 31.7 Å². The molecule has 0 N–H and O–H groups in total. The average Bonchev–Trinajstić information content (AvgIpc) is 3.28. The van der Waals surface area contributed by atoms with Crippen molar-refractivity contribution >= 4 is 17.3 Å². The second-order valence-electron chi connectivity index (χ2n) is 7.65. The minimum absolute atomic E-state index is 0.00373. The Morgan fingerprint density at radius 1 is 0.903 bits per heavy atom. The predicted molar refractivity (Wildman–Crippen MR) is 122 cm³/mol. The molecule has 0 saturated carbocycles. The van der Waals surface area contributed by atoms with Crippen LogP contribution < -0.4 is 4.74 Å². The molecule has 4 nitrogen and oxygen atoms in total. The third kappa shape index (κ3) is 4.64. The first-order valence-electron chi connectivity index (χ1n) is 10.6. The molecule has 1 heterocycles. The first kappa shape index (κ1) is 20.7. The van der Waals surface area contributed by atoms with Gasteiger partial charge in [-0.3, -0.25) is 14.6 Å². The summed E-state index contributed by atoms with van der Waals surface area (Å²) >= 11 is 0. The Kier molecular flexibility index (Phi) is 6.37. The maximum Gasteiger partial charge on any atom is 0.187 e. The van der Waals surface area contributed by atoms with Crippen LogP contribution in [0.15, 0.2) is 89.9 Å². The van der Waals surface area contributed by atoms with Crippen molar-refractivity contribution in [1.29, 1.82) is 0 Å². The molecule has 2 atom stereocenters. The van der Waals surface area contributed by atoms with Crippen molar-refractivity contribution in [1.82, 2.24) is 0 Å². The van der Waals surface area contributed by atoms with Gasteiger partial charge in [0, 0.05) is 29.2 Å². The van der Waals surface area contributed by atoms with Crippen LogP contribution in [0.5, 0.6) is 5.75 Å². The van der Waals surface area contributed by atoms with Gasteiger partial charge < -0.3 is 4.74 Å². The van der Waals surface area contributed by atoms with Crippen molar-refractivity contribution in [2.75, 3.05) is 6.61 Å². The zero-order valence-corrected chi connectivity index (χ0v) is 17.5. The van der Waals surface area contributed by atoms with Gasteiger partial charge in [-0.05, 0) is 18.1 Å². The lowest BCUT2D eigenvalue weighted by Crippen LogP contribution is -2.24. The van der Waals surface area contributed by atoms with E-state index in [1.165, 1.54) is 0 Å². The molecule has 3 aromatic carbocycles. The molecule has 0 bridgehead atoms. The summed E-state index contributed by atoms with van der Waals surface area (Å²) in [6, 6.07) is 26.4. The zero-order chi connectivity index (χ0) is 21.6. The lowest BCUT2D eigenvalue weighted by Gasteiger charge is -2.20. The monoisotopic (exact) mass is 411 g/mol. The van der Waals surface area contributed by atoms with Gasteiger partial charge in [0.1, 0.15) is 18.4 Å². The fraction of sp³-hybridized carbons (Fsp3) is 0.222. The van der Waals surface area contributed by atoms with Gasteiger partial charge >= 0.3 is 0 Å². The van der Waals surface area contributed by atoms with Crippen molar-refractivity contribution in [3.05, 3.63) is 102 Å². The minimum Gasteiger partial charge on any atom is -0.486 e. The van der Waals surface area contributed by atoms with E-state index in [-0.39, 0.29) is 24.1 Å².